The minimum Gasteiger partial charge on any atom is -0.346 e. The minimum absolute atomic E-state index is 0.0209. The van der Waals surface area contributed by atoms with Crippen LogP contribution in [-0.2, 0) is 6.54 Å². The lowest BCUT2D eigenvalue weighted by atomic mass is 10.3. The van der Waals surface area contributed by atoms with E-state index in [0.717, 1.165) is 0 Å². The van der Waals surface area contributed by atoms with Gasteiger partial charge in [-0.3, -0.25) is 4.79 Å². The number of hydrogen-bond donors (Lipinski definition) is 1. The van der Waals surface area contributed by atoms with E-state index in [2.05, 4.69) is 15.3 Å². The van der Waals surface area contributed by atoms with E-state index >= 15 is 0 Å². The number of carbonyl (C=O) groups is 1. The number of imidazole rings is 1. The number of amides is 1. The SMILES string of the molecule is CC(Cn1ccnc1)NC(=O)c1cccc(Cl)n1. The molecule has 0 radical (unpaired) electrons. The first-order chi connectivity index (χ1) is 8.65. The average Bonchev–Trinajstić information content (AvgIpc) is 2.81. The number of aromatic nitrogens is 3. The summed E-state index contributed by atoms with van der Waals surface area (Å²) in [5.41, 5.74) is 0.319. The smallest absolute Gasteiger partial charge is 0.270 e. The molecule has 6 heteroatoms. The van der Waals surface area contributed by atoms with Crippen molar-refractivity contribution in [1.82, 2.24) is 19.9 Å². The van der Waals surface area contributed by atoms with E-state index in [1.54, 1.807) is 30.7 Å². The molecule has 1 unspecified atom stereocenters. The predicted octanol–water partition coefficient (Wildman–Crippen LogP) is 1.75. The Labute approximate surface area is 110 Å². The number of rotatable bonds is 4. The van der Waals surface area contributed by atoms with Gasteiger partial charge in [-0.05, 0) is 19.1 Å². The zero-order valence-electron chi connectivity index (χ0n) is 9.88. The fourth-order valence-corrected chi connectivity index (χ4v) is 1.75. The summed E-state index contributed by atoms with van der Waals surface area (Å²) >= 11 is 5.74. The molecule has 0 fully saturated rings. The highest BCUT2D eigenvalue weighted by Gasteiger charge is 2.11. The molecule has 2 aromatic heterocycles. The molecule has 5 nitrogen and oxygen atoms in total. The van der Waals surface area contributed by atoms with Crippen LogP contribution in [-0.4, -0.2) is 26.5 Å². The molecule has 0 aromatic carbocycles. The first kappa shape index (κ1) is 12.6. The fourth-order valence-electron chi connectivity index (χ4n) is 1.59. The van der Waals surface area contributed by atoms with Gasteiger partial charge in [0, 0.05) is 25.0 Å². The molecule has 0 saturated carbocycles. The van der Waals surface area contributed by atoms with Crippen molar-refractivity contribution in [2.24, 2.45) is 0 Å². The molecule has 1 N–H and O–H groups in total. The average molecular weight is 265 g/mol. The van der Waals surface area contributed by atoms with Gasteiger partial charge in [-0.15, -0.1) is 0 Å². The van der Waals surface area contributed by atoms with Crippen LogP contribution in [0.25, 0.3) is 0 Å². The summed E-state index contributed by atoms with van der Waals surface area (Å²) in [5.74, 6) is -0.231. The normalized spacial score (nSPS) is 12.1. The third kappa shape index (κ3) is 3.30. The van der Waals surface area contributed by atoms with Gasteiger partial charge in [0.2, 0.25) is 0 Å². The van der Waals surface area contributed by atoms with Crippen molar-refractivity contribution in [3.8, 4) is 0 Å². The van der Waals surface area contributed by atoms with E-state index in [1.165, 1.54) is 0 Å². The number of halogens is 1. The van der Waals surface area contributed by atoms with Crippen molar-refractivity contribution in [3.05, 3.63) is 47.8 Å². The monoisotopic (exact) mass is 264 g/mol. The van der Waals surface area contributed by atoms with Crippen LogP contribution in [0.15, 0.2) is 36.9 Å². The lowest BCUT2D eigenvalue weighted by Crippen LogP contribution is -2.35. The summed E-state index contributed by atoms with van der Waals surface area (Å²) in [6, 6.07) is 4.94. The summed E-state index contributed by atoms with van der Waals surface area (Å²) in [6.07, 6.45) is 5.26. The zero-order chi connectivity index (χ0) is 13.0. The van der Waals surface area contributed by atoms with Crippen molar-refractivity contribution in [2.75, 3.05) is 0 Å². The van der Waals surface area contributed by atoms with Crippen LogP contribution in [0, 0.1) is 0 Å². The van der Waals surface area contributed by atoms with Crippen molar-refractivity contribution >= 4 is 17.5 Å². The molecule has 0 aliphatic heterocycles. The molecular formula is C12H13ClN4O. The van der Waals surface area contributed by atoms with Crippen LogP contribution >= 0.6 is 11.6 Å². The molecule has 94 valence electrons. The van der Waals surface area contributed by atoms with Crippen LogP contribution in [0.3, 0.4) is 0 Å². The highest BCUT2D eigenvalue weighted by Crippen LogP contribution is 2.05. The molecule has 0 saturated heterocycles. The largest absolute Gasteiger partial charge is 0.346 e. The Morgan fingerprint density at radius 2 is 2.39 bits per heavy atom. The van der Waals surface area contributed by atoms with Gasteiger partial charge < -0.3 is 9.88 Å². The standard InChI is InChI=1S/C12H13ClN4O/c1-9(7-17-6-5-14-8-17)15-12(18)10-3-2-4-11(13)16-10/h2-6,8-9H,7H2,1H3,(H,15,18). The first-order valence-corrected chi connectivity index (χ1v) is 5.92. The summed E-state index contributed by atoms with van der Waals surface area (Å²) in [4.78, 5) is 19.8. The van der Waals surface area contributed by atoms with Crippen LogP contribution in [0.2, 0.25) is 5.15 Å². The number of hydrogen-bond acceptors (Lipinski definition) is 3. The molecule has 1 amide bonds. The highest BCUT2D eigenvalue weighted by atomic mass is 35.5. The van der Waals surface area contributed by atoms with E-state index in [-0.39, 0.29) is 11.9 Å². The van der Waals surface area contributed by atoms with Crippen molar-refractivity contribution < 1.29 is 4.79 Å². The molecule has 2 rings (SSSR count). The number of carbonyl (C=O) groups excluding carboxylic acids is 1. The maximum atomic E-state index is 11.9. The fraction of sp³-hybridized carbons (Fsp3) is 0.250. The van der Waals surface area contributed by atoms with Crippen molar-refractivity contribution in [3.63, 3.8) is 0 Å². The maximum absolute atomic E-state index is 11.9. The maximum Gasteiger partial charge on any atom is 0.270 e. The number of nitrogens with zero attached hydrogens (tertiary/aromatic N) is 3. The predicted molar refractivity (Wildman–Crippen MR) is 68.4 cm³/mol. The Hall–Kier alpha value is -1.88. The Kier molecular flexibility index (Phi) is 3.94. The first-order valence-electron chi connectivity index (χ1n) is 5.54. The van der Waals surface area contributed by atoms with Crippen LogP contribution in [0.1, 0.15) is 17.4 Å². The quantitative estimate of drug-likeness (QED) is 0.856. The van der Waals surface area contributed by atoms with E-state index in [0.29, 0.717) is 17.4 Å². The van der Waals surface area contributed by atoms with Gasteiger partial charge in [-0.2, -0.15) is 0 Å². The Morgan fingerprint density at radius 3 is 3.06 bits per heavy atom. The molecule has 2 aromatic rings. The van der Waals surface area contributed by atoms with Crippen LogP contribution in [0.5, 0.6) is 0 Å². The summed E-state index contributed by atoms with van der Waals surface area (Å²) in [6.45, 7) is 2.58. The van der Waals surface area contributed by atoms with E-state index in [1.807, 2.05) is 17.7 Å². The van der Waals surface area contributed by atoms with Gasteiger partial charge in [0.1, 0.15) is 10.8 Å². The van der Waals surface area contributed by atoms with Gasteiger partial charge in [0.25, 0.3) is 5.91 Å². The summed E-state index contributed by atoms with van der Waals surface area (Å²) in [7, 11) is 0. The Bertz CT molecular complexity index is 527. The Balaban J connectivity index is 1.95. The molecule has 2 heterocycles. The Morgan fingerprint density at radius 1 is 1.56 bits per heavy atom. The molecule has 0 aliphatic rings. The van der Waals surface area contributed by atoms with Gasteiger partial charge in [0.05, 0.1) is 6.33 Å². The third-order valence-electron chi connectivity index (χ3n) is 2.37. The third-order valence-corrected chi connectivity index (χ3v) is 2.58. The van der Waals surface area contributed by atoms with Crippen LogP contribution in [0.4, 0.5) is 0 Å². The summed E-state index contributed by atoms with van der Waals surface area (Å²) in [5, 5.41) is 3.16. The molecule has 0 spiro atoms. The summed E-state index contributed by atoms with van der Waals surface area (Å²) < 4.78 is 1.90. The van der Waals surface area contributed by atoms with E-state index in [4.69, 9.17) is 11.6 Å². The van der Waals surface area contributed by atoms with Gasteiger partial charge in [-0.1, -0.05) is 17.7 Å². The second-order valence-electron chi connectivity index (χ2n) is 3.98. The van der Waals surface area contributed by atoms with E-state index < -0.39 is 0 Å². The number of nitrogens with one attached hydrogen (secondary N) is 1. The second-order valence-corrected chi connectivity index (χ2v) is 4.37. The highest BCUT2D eigenvalue weighted by molar-refractivity contribution is 6.29. The van der Waals surface area contributed by atoms with Crippen molar-refractivity contribution in [2.45, 2.75) is 19.5 Å². The molecule has 1 atom stereocenters. The van der Waals surface area contributed by atoms with Gasteiger partial charge >= 0.3 is 0 Å². The lowest BCUT2D eigenvalue weighted by molar-refractivity contribution is 0.0931. The van der Waals surface area contributed by atoms with Gasteiger partial charge in [-0.25, -0.2) is 9.97 Å². The molecule has 0 bridgehead atoms. The topological polar surface area (TPSA) is 59.8 Å². The van der Waals surface area contributed by atoms with Crippen molar-refractivity contribution in [1.29, 1.82) is 0 Å². The van der Waals surface area contributed by atoms with E-state index in [9.17, 15) is 4.79 Å². The lowest BCUT2D eigenvalue weighted by Gasteiger charge is -2.14. The van der Waals surface area contributed by atoms with Gasteiger partial charge in [0.15, 0.2) is 0 Å². The number of pyridine rings is 1. The molecular weight excluding hydrogens is 252 g/mol. The molecule has 18 heavy (non-hydrogen) atoms. The van der Waals surface area contributed by atoms with Crippen LogP contribution < -0.4 is 5.32 Å². The zero-order valence-corrected chi connectivity index (χ0v) is 10.6. The molecule has 0 aliphatic carbocycles. The second kappa shape index (κ2) is 5.64. The minimum atomic E-state index is -0.231.